The van der Waals surface area contributed by atoms with Crippen LogP contribution < -0.4 is 5.73 Å². The van der Waals surface area contributed by atoms with E-state index in [-0.39, 0.29) is 23.5 Å². The minimum Gasteiger partial charge on any atom is -0.444 e. The van der Waals surface area contributed by atoms with Crippen molar-refractivity contribution in [1.82, 2.24) is 4.90 Å². The van der Waals surface area contributed by atoms with E-state index in [0.29, 0.717) is 38.8 Å². The fraction of sp³-hybridized carbons (Fsp3) is 0.938. The number of piperidine rings is 1. The van der Waals surface area contributed by atoms with E-state index in [1.807, 2.05) is 20.8 Å². The molecule has 2 saturated heterocycles. The van der Waals surface area contributed by atoms with Gasteiger partial charge >= 0.3 is 6.09 Å². The Labute approximate surface area is 144 Å². The molecule has 0 spiro atoms. The quantitative estimate of drug-likeness (QED) is 0.755. The number of amides is 1. The summed E-state index contributed by atoms with van der Waals surface area (Å²) in [5, 5.41) is 10.9. The van der Waals surface area contributed by atoms with E-state index < -0.39 is 27.1 Å². The second-order valence-electron chi connectivity index (χ2n) is 8.09. The maximum Gasteiger partial charge on any atom is 0.410 e. The molecule has 24 heavy (non-hydrogen) atoms. The van der Waals surface area contributed by atoms with Gasteiger partial charge in [-0.1, -0.05) is 0 Å². The highest BCUT2D eigenvalue weighted by atomic mass is 32.2. The van der Waals surface area contributed by atoms with Crippen LogP contribution in [-0.2, 0) is 14.6 Å². The van der Waals surface area contributed by atoms with Crippen molar-refractivity contribution in [3.63, 3.8) is 0 Å². The summed E-state index contributed by atoms with van der Waals surface area (Å²) < 4.78 is 28.4. The van der Waals surface area contributed by atoms with Crippen molar-refractivity contribution in [3.8, 4) is 0 Å². The van der Waals surface area contributed by atoms with Gasteiger partial charge in [0, 0.05) is 19.1 Å². The number of hydrogen-bond acceptors (Lipinski definition) is 6. The lowest BCUT2D eigenvalue weighted by molar-refractivity contribution is -0.0590. The van der Waals surface area contributed by atoms with Crippen LogP contribution in [0.4, 0.5) is 4.79 Å². The van der Waals surface area contributed by atoms with Gasteiger partial charge in [-0.25, -0.2) is 13.2 Å². The summed E-state index contributed by atoms with van der Waals surface area (Å²) in [6.07, 6.45) is 1.40. The molecule has 7 nitrogen and oxygen atoms in total. The molecule has 2 heterocycles. The molecular weight excluding hydrogens is 332 g/mol. The van der Waals surface area contributed by atoms with Crippen molar-refractivity contribution >= 4 is 15.9 Å². The first-order valence-corrected chi connectivity index (χ1v) is 10.4. The van der Waals surface area contributed by atoms with Gasteiger partial charge in [0.05, 0.1) is 17.1 Å². The largest absolute Gasteiger partial charge is 0.444 e. The smallest absolute Gasteiger partial charge is 0.410 e. The van der Waals surface area contributed by atoms with Gasteiger partial charge in [0.2, 0.25) is 0 Å². The molecule has 2 aliphatic rings. The normalized spacial score (nSPS) is 26.0. The van der Waals surface area contributed by atoms with Crippen LogP contribution in [0.3, 0.4) is 0 Å². The van der Waals surface area contributed by atoms with E-state index in [0.717, 1.165) is 0 Å². The molecule has 0 aromatic rings. The first-order chi connectivity index (χ1) is 10.9. The number of rotatable bonds is 2. The van der Waals surface area contributed by atoms with Crippen LogP contribution in [0.1, 0.15) is 46.5 Å². The van der Waals surface area contributed by atoms with Gasteiger partial charge in [-0.05, 0) is 52.4 Å². The third-order valence-electron chi connectivity index (χ3n) is 5.01. The number of aliphatic hydroxyl groups is 1. The van der Waals surface area contributed by atoms with E-state index >= 15 is 0 Å². The third-order valence-corrected chi connectivity index (χ3v) is 6.72. The lowest BCUT2D eigenvalue weighted by atomic mass is 9.76. The standard InChI is InChI=1S/C16H30N2O5S/c1-15(2,3)23-14(19)18-8-6-16(20,7-9-18)13(17)12-4-10-24(21,22)11-5-12/h12-13,20H,4-11,17H2,1-3H3. The minimum atomic E-state index is -2.94. The van der Waals surface area contributed by atoms with Gasteiger partial charge in [0.1, 0.15) is 15.4 Å². The van der Waals surface area contributed by atoms with E-state index in [1.54, 1.807) is 4.90 Å². The number of carbonyl (C=O) groups excluding carboxylic acids is 1. The molecule has 1 atom stereocenters. The highest BCUT2D eigenvalue weighted by Crippen LogP contribution is 2.33. The minimum absolute atomic E-state index is 0.00611. The number of carbonyl (C=O) groups is 1. The Morgan fingerprint density at radius 1 is 1.25 bits per heavy atom. The van der Waals surface area contributed by atoms with Crippen molar-refractivity contribution in [2.75, 3.05) is 24.6 Å². The van der Waals surface area contributed by atoms with Crippen molar-refractivity contribution in [2.45, 2.75) is 63.7 Å². The summed E-state index contributed by atoms with van der Waals surface area (Å²) in [6, 6.07) is -0.464. The molecule has 0 aromatic carbocycles. The average Bonchev–Trinajstić information content (AvgIpc) is 2.45. The summed E-state index contributed by atoms with van der Waals surface area (Å²) in [5.74, 6) is 0.295. The fourth-order valence-corrected chi connectivity index (χ4v) is 4.97. The number of likely N-dealkylation sites (tertiary alicyclic amines) is 1. The van der Waals surface area contributed by atoms with Gasteiger partial charge in [0.15, 0.2) is 0 Å². The first kappa shape index (κ1) is 19.5. The summed E-state index contributed by atoms with van der Waals surface area (Å²) in [7, 11) is -2.94. The van der Waals surface area contributed by atoms with Crippen LogP contribution >= 0.6 is 0 Å². The zero-order chi connectivity index (χ0) is 18.2. The predicted molar refractivity (Wildman–Crippen MR) is 91.3 cm³/mol. The van der Waals surface area contributed by atoms with Crippen LogP contribution in [0.5, 0.6) is 0 Å². The molecule has 140 valence electrons. The molecule has 2 rings (SSSR count). The van der Waals surface area contributed by atoms with E-state index in [1.165, 1.54) is 0 Å². The highest BCUT2D eigenvalue weighted by Gasteiger charge is 2.44. The van der Waals surface area contributed by atoms with Crippen LogP contribution in [0.2, 0.25) is 0 Å². The van der Waals surface area contributed by atoms with E-state index in [4.69, 9.17) is 10.5 Å². The molecule has 8 heteroatoms. The van der Waals surface area contributed by atoms with Gasteiger partial charge in [0.25, 0.3) is 0 Å². The molecule has 0 aliphatic carbocycles. The third kappa shape index (κ3) is 4.83. The molecule has 0 saturated carbocycles. The van der Waals surface area contributed by atoms with Gasteiger partial charge in [-0.2, -0.15) is 0 Å². The second-order valence-corrected chi connectivity index (χ2v) is 10.4. The molecule has 2 fully saturated rings. The van der Waals surface area contributed by atoms with Crippen LogP contribution in [0.25, 0.3) is 0 Å². The number of hydrogen-bond donors (Lipinski definition) is 2. The van der Waals surface area contributed by atoms with Gasteiger partial charge in [-0.15, -0.1) is 0 Å². The Bertz CT molecular complexity index is 548. The Kier molecular flexibility index (Phi) is 5.52. The van der Waals surface area contributed by atoms with E-state index in [2.05, 4.69) is 0 Å². The zero-order valence-corrected chi connectivity index (χ0v) is 15.6. The molecule has 0 radical (unpaired) electrons. The summed E-state index contributed by atoms with van der Waals surface area (Å²) >= 11 is 0. The lowest BCUT2D eigenvalue weighted by Gasteiger charge is -2.44. The van der Waals surface area contributed by atoms with Crippen molar-refractivity contribution in [3.05, 3.63) is 0 Å². The molecule has 3 N–H and O–H groups in total. The van der Waals surface area contributed by atoms with Gasteiger partial charge in [-0.3, -0.25) is 0 Å². The zero-order valence-electron chi connectivity index (χ0n) is 14.8. The molecule has 2 aliphatic heterocycles. The number of nitrogens with two attached hydrogens (primary N) is 1. The summed E-state index contributed by atoms with van der Waals surface area (Å²) in [6.45, 7) is 6.24. The van der Waals surface area contributed by atoms with Crippen molar-refractivity contribution in [1.29, 1.82) is 0 Å². The Balaban J connectivity index is 1.91. The number of ether oxygens (including phenoxy) is 1. The average molecular weight is 362 g/mol. The summed E-state index contributed by atoms with van der Waals surface area (Å²) in [4.78, 5) is 13.7. The number of sulfone groups is 1. The van der Waals surface area contributed by atoms with Gasteiger partial charge < -0.3 is 20.5 Å². The van der Waals surface area contributed by atoms with Crippen LogP contribution in [0.15, 0.2) is 0 Å². The molecule has 1 unspecified atom stereocenters. The van der Waals surface area contributed by atoms with E-state index in [9.17, 15) is 18.3 Å². The first-order valence-electron chi connectivity index (χ1n) is 8.58. The second kappa shape index (κ2) is 6.80. The maximum atomic E-state index is 12.1. The van der Waals surface area contributed by atoms with Crippen molar-refractivity contribution in [2.24, 2.45) is 11.7 Å². The topological polar surface area (TPSA) is 110 Å². The monoisotopic (exact) mass is 362 g/mol. The van der Waals surface area contributed by atoms with Crippen molar-refractivity contribution < 1.29 is 23.1 Å². The lowest BCUT2D eigenvalue weighted by Crippen LogP contribution is -2.59. The Hall–Kier alpha value is -0.860. The molecule has 0 bridgehead atoms. The SMILES string of the molecule is CC(C)(C)OC(=O)N1CCC(O)(C(N)C2CCS(=O)(=O)CC2)CC1. The Morgan fingerprint density at radius 3 is 2.21 bits per heavy atom. The number of nitrogens with zero attached hydrogens (tertiary/aromatic N) is 1. The maximum absolute atomic E-state index is 12.1. The predicted octanol–water partition coefficient (Wildman–Crippen LogP) is 0.901. The summed E-state index contributed by atoms with van der Waals surface area (Å²) in [5.41, 5.74) is 4.69. The highest BCUT2D eigenvalue weighted by molar-refractivity contribution is 7.91. The molecular formula is C16H30N2O5S. The fourth-order valence-electron chi connectivity index (χ4n) is 3.44. The van der Waals surface area contributed by atoms with Crippen LogP contribution in [-0.4, -0.2) is 66.4 Å². The van der Waals surface area contributed by atoms with Crippen LogP contribution in [0, 0.1) is 5.92 Å². The molecule has 0 aromatic heterocycles. The molecule has 1 amide bonds. The Morgan fingerprint density at radius 2 is 1.75 bits per heavy atom.